The first-order valence-corrected chi connectivity index (χ1v) is 19.5. The monoisotopic (exact) mass is 716 g/mol. The molecule has 0 unspecified atom stereocenters. The molecule has 0 radical (unpaired) electrons. The summed E-state index contributed by atoms with van der Waals surface area (Å²) in [6, 6.07) is 69.8. The van der Waals surface area contributed by atoms with Gasteiger partial charge in [0, 0.05) is 21.2 Å². The van der Waals surface area contributed by atoms with E-state index in [-0.39, 0.29) is 0 Å². The zero-order valence-electron chi connectivity index (χ0n) is 29.8. The number of hydrogen-bond acceptors (Lipinski definition) is 3. The van der Waals surface area contributed by atoms with E-state index in [0.29, 0.717) is 0 Å². The van der Waals surface area contributed by atoms with Crippen LogP contribution in [0, 0.1) is 0 Å². The molecule has 0 spiro atoms. The van der Waals surface area contributed by atoms with Crippen LogP contribution in [0.2, 0.25) is 0 Å². The molecule has 0 N–H and O–H groups in total. The highest BCUT2D eigenvalue weighted by molar-refractivity contribution is 7.26. The summed E-state index contributed by atoms with van der Waals surface area (Å²) in [6.07, 6.45) is 0. The maximum atomic E-state index is 5.31. The van der Waals surface area contributed by atoms with Gasteiger partial charge in [0.05, 0.1) is 15.9 Å². The molecule has 0 bridgehead atoms. The van der Waals surface area contributed by atoms with E-state index in [1.807, 2.05) is 6.07 Å². The molecular weight excluding hydrogens is 685 g/mol. The lowest BCUT2D eigenvalue weighted by molar-refractivity contribution is 1.24. The highest BCUT2D eigenvalue weighted by atomic mass is 32.1. The molecule has 2 aromatic heterocycles. The average molecular weight is 717 g/mol. The van der Waals surface area contributed by atoms with Crippen LogP contribution in [-0.4, -0.2) is 9.97 Å². The first-order chi connectivity index (χ1) is 27.3. The molecule has 0 aliphatic carbocycles. The van der Waals surface area contributed by atoms with Gasteiger partial charge in [-0.2, -0.15) is 0 Å². The quantitative estimate of drug-likeness (QED) is 0.166. The van der Waals surface area contributed by atoms with Gasteiger partial charge in [0.1, 0.15) is 0 Å². The van der Waals surface area contributed by atoms with Gasteiger partial charge in [0.2, 0.25) is 0 Å². The van der Waals surface area contributed by atoms with E-state index in [1.54, 1.807) is 11.3 Å². The van der Waals surface area contributed by atoms with Gasteiger partial charge in [-0.3, -0.25) is 0 Å². The highest BCUT2D eigenvalue weighted by Gasteiger charge is 2.20. The van der Waals surface area contributed by atoms with Gasteiger partial charge >= 0.3 is 0 Å². The van der Waals surface area contributed by atoms with Gasteiger partial charge in [-0.15, -0.1) is 11.3 Å². The van der Waals surface area contributed by atoms with Crippen LogP contribution in [-0.2, 0) is 0 Å². The Morgan fingerprint density at radius 3 is 1.47 bits per heavy atom. The Morgan fingerprint density at radius 1 is 0.327 bits per heavy atom. The fourth-order valence-corrected chi connectivity index (χ4v) is 9.45. The van der Waals surface area contributed by atoms with E-state index in [4.69, 9.17) is 9.97 Å². The van der Waals surface area contributed by atoms with E-state index in [0.717, 1.165) is 38.4 Å². The number of hydrogen-bond donors (Lipinski definition) is 0. The van der Waals surface area contributed by atoms with Crippen molar-refractivity contribution in [3.63, 3.8) is 0 Å². The molecular formula is C52H32N2S. The lowest BCUT2D eigenvalue weighted by Gasteiger charge is -2.13. The molecule has 0 amide bonds. The fraction of sp³-hybridized carbons (Fsp3) is 0. The molecule has 2 heterocycles. The van der Waals surface area contributed by atoms with Crippen molar-refractivity contribution in [1.29, 1.82) is 0 Å². The van der Waals surface area contributed by atoms with Crippen molar-refractivity contribution >= 4 is 64.0 Å². The molecule has 11 aromatic rings. The summed E-state index contributed by atoms with van der Waals surface area (Å²) >= 11 is 1.77. The Hall–Kier alpha value is -6.94. The van der Waals surface area contributed by atoms with E-state index in [1.165, 1.54) is 70.2 Å². The molecule has 2 nitrogen and oxygen atoms in total. The van der Waals surface area contributed by atoms with Crippen molar-refractivity contribution in [3.8, 4) is 56.0 Å². The first-order valence-electron chi connectivity index (χ1n) is 18.7. The van der Waals surface area contributed by atoms with Gasteiger partial charge in [-0.25, -0.2) is 9.97 Å². The highest BCUT2D eigenvalue weighted by Crippen LogP contribution is 2.44. The average Bonchev–Trinajstić information content (AvgIpc) is 3.66. The normalized spacial score (nSPS) is 11.6. The molecule has 0 aliphatic rings. The molecule has 55 heavy (non-hydrogen) atoms. The summed E-state index contributed by atoms with van der Waals surface area (Å²) in [5.41, 5.74) is 11.1. The lowest BCUT2D eigenvalue weighted by Crippen LogP contribution is -1.94. The Labute approximate surface area is 322 Å². The molecule has 256 valence electrons. The van der Waals surface area contributed by atoms with Gasteiger partial charge in [0.25, 0.3) is 0 Å². The topological polar surface area (TPSA) is 25.8 Å². The Bertz CT molecular complexity index is 3220. The second-order valence-electron chi connectivity index (χ2n) is 14.1. The number of benzene rings is 9. The largest absolute Gasteiger partial charge is 0.226 e. The minimum absolute atomic E-state index is 0.731. The van der Waals surface area contributed by atoms with Crippen molar-refractivity contribution < 1.29 is 0 Å². The smallest absolute Gasteiger partial charge is 0.160 e. The van der Waals surface area contributed by atoms with Gasteiger partial charge in [-0.05, 0) is 90.0 Å². The third-order valence-electron chi connectivity index (χ3n) is 10.9. The van der Waals surface area contributed by atoms with Crippen molar-refractivity contribution in [2.75, 3.05) is 0 Å². The van der Waals surface area contributed by atoms with Crippen LogP contribution in [0.25, 0.3) is 109 Å². The molecule has 0 saturated heterocycles. The molecule has 9 aromatic carbocycles. The maximum absolute atomic E-state index is 5.31. The summed E-state index contributed by atoms with van der Waals surface area (Å²) in [5.74, 6) is 0.731. The van der Waals surface area contributed by atoms with Crippen LogP contribution < -0.4 is 0 Å². The molecule has 3 heteroatoms. The van der Waals surface area contributed by atoms with Crippen LogP contribution in [0.15, 0.2) is 194 Å². The first kappa shape index (κ1) is 31.6. The van der Waals surface area contributed by atoms with E-state index in [9.17, 15) is 0 Å². The standard InChI is InChI=1S/C52H32N2S/c1-3-14-33(15-4-1)40-26-13-27-47-48(40)50-51(55-47)49(53-52(54-50)34-16-5-2-6-17-34)39-21-12-20-37(31-39)35-18-11-19-36(30-35)38-28-29-45-43-24-8-7-22-41(43)42-23-9-10-25-44(42)46(45)32-38/h1-32H. The Balaban J connectivity index is 1.06. The van der Waals surface area contributed by atoms with Crippen LogP contribution in [0.3, 0.4) is 0 Å². The third kappa shape index (κ3) is 5.32. The van der Waals surface area contributed by atoms with Crippen LogP contribution in [0.4, 0.5) is 0 Å². The van der Waals surface area contributed by atoms with Crippen molar-refractivity contribution in [3.05, 3.63) is 194 Å². The summed E-state index contributed by atoms with van der Waals surface area (Å²) in [7, 11) is 0. The van der Waals surface area contributed by atoms with Crippen molar-refractivity contribution in [2.24, 2.45) is 0 Å². The Morgan fingerprint density at radius 2 is 0.818 bits per heavy atom. The van der Waals surface area contributed by atoms with Gasteiger partial charge in [-0.1, -0.05) is 170 Å². The molecule has 0 aliphatic heterocycles. The van der Waals surface area contributed by atoms with Gasteiger partial charge < -0.3 is 0 Å². The second-order valence-corrected chi connectivity index (χ2v) is 15.2. The Kier molecular flexibility index (Phi) is 7.39. The predicted molar refractivity (Wildman–Crippen MR) is 235 cm³/mol. The van der Waals surface area contributed by atoms with E-state index in [2.05, 4.69) is 188 Å². The molecule has 0 saturated carbocycles. The SMILES string of the molecule is c1ccc(-c2nc(-c3cccc(-c4cccc(-c5ccc6c7ccccc7c7ccccc7c6c5)c4)c3)c3sc4cccc(-c5ccccc5)c4c3n2)cc1. The molecule has 0 atom stereocenters. The van der Waals surface area contributed by atoms with E-state index < -0.39 is 0 Å². The lowest BCUT2D eigenvalue weighted by atomic mass is 9.91. The number of nitrogens with zero attached hydrogens (tertiary/aromatic N) is 2. The summed E-state index contributed by atoms with van der Waals surface area (Å²) < 4.78 is 2.30. The number of rotatable bonds is 5. The number of aromatic nitrogens is 2. The predicted octanol–water partition coefficient (Wildman–Crippen LogP) is 14.6. The van der Waals surface area contributed by atoms with E-state index >= 15 is 0 Å². The van der Waals surface area contributed by atoms with Crippen molar-refractivity contribution in [2.45, 2.75) is 0 Å². The number of fused-ring (bicyclic) bond motifs is 9. The maximum Gasteiger partial charge on any atom is 0.160 e. The zero-order chi connectivity index (χ0) is 36.3. The third-order valence-corrected chi connectivity index (χ3v) is 12.0. The summed E-state index contributed by atoms with van der Waals surface area (Å²) in [4.78, 5) is 10.6. The van der Waals surface area contributed by atoms with Crippen LogP contribution in [0.1, 0.15) is 0 Å². The fourth-order valence-electron chi connectivity index (χ4n) is 8.27. The molecule has 11 rings (SSSR count). The van der Waals surface area contributed by atoms with Crippen LogP contribution in [0.5, 0.6) is 0 Å². The molecule has 0 fully saturated rings. The van der Waals surface area contributed by atoms with Crippen LogP contribution >= 0.6 is 11.3 Å². The zero-order valence-corrected chi connectivity index (χ0v) is 30.6. The summed E-state index contributed by atoms with van der Waals surface area (Å²) in [6.45, 7) is 0. The second kappa shape index (κ2) is 12.9. The minimum atomic E-state index is 0.731. The van der Waals surface area contributed by atoms with Gasteiger partial charge in [0.15, 0.2) is 5.82 Å². The number of thiophene rings is 1. The van der Waals surface area contributed by atoms with Crippen molar-refractivity contribution in [1.82, 2.24) is 9.97 Å². The minimum Gasteiger partial charge on any atom is -0.226 e. The summed E-state index contributed by atoms with van der Waals surface area (Å²) in [5, 5.41) is 8.89.